The predicted molar refractivity (Wildman–Crippen MR) is 129 cm³/mol. The van der Waals surface area contributed by atoms with Crippen molar-refractivity contribution in [3.63, 3.8) is 0 Å². The molecule has 0 bridgehead atoms. The van der Waals surface area contributed by atoms with Crippen molar-refractivity contribution in [2.45, 2.75) is 115 Å². The summed E-state index contributed by atoms with van der Waals surface area (Å²) in [6.45, 7) is 3.54. The minimum absolute atomic E-state index is 0.0858. The van der Waals surface area contributed by atoms with Crippen LogP contribution in [0.5, 0.6) is 0 Å². The first-order valence-electron chi connectivity index (χ1n) is 12.9. The highest BCUT2D eigenvalue weighted by molar-refractivity contribution is 5.82. The zero-order valence-corrected chi connectivity index (χ0v) is 20.1. The minimum atomic E-state index is -0.616. The topological polar surface area (TPSA) is 104 Å². The van der Waals surface area contributed by atoms with Gasteiger partial charge in [0, 0.05) is 43.9 Å². The van der Waals surface area contributed by atoms with Crippen molar-refractivity contribution in [3.8, 4) is 0 Å². The molecule has 2 atom stereocenters. The van der Waals surface area contributed by atoms with Gasteiger partial charge in [0.2, 0.25) is 11.8 Å². The summed E-state index contributed by atoms with van der Waals surface area (Å²) in [4.78, 5) is 34.1. The molecule has 2 rings (SSSR count). The van der Waals surface area contributed by atoms with Crippen molar-refractivity contribution >= 4 is 11.8 Å². The Bertz CT molecular complexity index is 634. The zero-order valence-electron chi connectivity index (χ0n) is 20.1. The van der Waals surface area contributed by atoms with Crippen LogP contribution in [0.15, 0.2) is 12.5 Å². The third-order valence-electron chi connectivity index (χ3n) is 6.54. The summed E-state index contributed by atoms with van der Waals surface area (Å²) in [5, 5.41) is 2.97. The molecule has 7 nitrogen and oxygen atoms in total. The second-order valence-corrected chi connectivity index (χ2v) is 9.30. The third kappa shape index (κ3) is 10.2. The molecule has 1 aliphatic rings. The van der Waals surface area contributed by atoms with Crippen LogP contribution in [-0.2, 0) is 16.0 Å². The minimum Gasteiger partial charge on any atom is -0.353 e. The molecule has 0 aromatic carbocycles. The molecule has 4 N–H and O–H groups in total. The second kappa shape index (κ2) is 15.8. The Morgan fingerprint density at radius 1 is 1.12 bits per heavy atom. The van der Waals surface area contributed by atoms with Crippen LogP contribution < -0.4 is 11.1 Å². The van der Waals surface area contributed by atoms with Crippen LogP contribution in [0, 0.1) is 0 Å². The fourth-order valence-corrected chi connectivity index (χ4v) is 4.52. The summed E-state index contributed by atoms with van der Waals surface area (Å²) >= 11 is 0. The van der Waals surface area contributed by atoms with Crippen molar-refractivity contribution in [1.29, 1.82) is 0 Å². The van der Waals surface area contributed by atoms with E-state index >= 15 is 0 Å². The number of aromatic amines is 1. The van der Waals surface area contributed by atoms with Gasteiger partial charge in [-0.1, -0.05) is 64.7 Å². The third-order valence-corrected chi connectivity index (χ3v) is 6.54. The largest absolute Gasteiger partial charge is 0.353 e. The summed E-state index contributed by atoms with van der Waals surface area (Å²) < 4.78 is 0. The van der Waals surface area contributed by atoms with Crippen molar-refractivity contribution in [2.75, 3.05) is 13.1 Å². The number of hydrogen-bond donors (Lipinski definition) is 3. The molecule has 32 heavy (non-hydrogen) atoms. The summed E-state index contributed by atoms with van der Waals surface area (Å²) in [7, 11) is 0. The van der Waals surface area contributed by atoms with E-state index in [1.807, 2.05) is 4.90 Å². The van der Waals surface area contributed by atoms with Crippen LogP contribution in [0.1, 0.15) is 103 Å². The predicted octanol–water partition coefficient (Wildman–Crippen LogP) is 4.09. The number of nitrogens with two attached hydrogens (primary N) is 1. The van der Waals surface area contributed by atoms with E-state index < -0.39 is 6.04 Å². The fraction of sp³-hybridized carbons (Fsp3) is 0.800. The van der Waals surface area contributed by atoms with Gasteiger partial charge < -0.3 is 20.9 Å². The summed E-state index contributed by atoms with van der Waals surface area (Å²) in [6, 6.07) is -0.530. The normalized spacial score (nSPS) is 17.3. The standard InChI is InChI=1S/C25H45N5O2/c1-2-3-4-5-6-7-8-9-10-11-15-24(31)30-16-13-12-14-22(30)19-28-25(32)23(26)17-21-18-27-20-29-21/h18,20,22-23H,2-17,19,26H2,1H3,(H,27,29)(H,28,32)/t22?,23-/m0/s1. The first-order valence-corrected chi connectivity index (χ1v) is 12.9. The van der Waals surface area contributed by atoms with E-state index in [0.717, 1.165) is 44.3 Å². The van der Waals surface area contributed by atoms with Crippen molar-refractivity contribution < 1.29 is 9.59 Å². The number of likely N-dealkylation sites (tertiary alicyclic amines) is 1. The molecule has 1 aliphatic heterocycles. The summed E-state index contributed by atoms with van der Waals surface area (Å²) in [5.74, 6) is 0.0672. The van der Waals surface area contributed by atoms with Gasteiger partial charge in [-0.3, -0.25) is 9.59 Å². The number of unbranched alkanes of at least 4 members (excludes halogenated alkanes) is 9. The molecule has 0 spiro atoms. The van der Waals surface area contributed by atoms with Crippen molar-refractivity contribution in [3.05, 3.63) is 18.2 Å². The Morgan fingerprint density at radius 3 is 2.47 bits per heavy atom. The van der Waals surface area contributed by atoms with E-state index in [-0.39, 0.29) is 17.9 Å². The fourth-order valence-electron chi connectivity index (χ4n) is 4.52. The van der Waals surface area contributed by atoms with Gasteiger partial charge in [-0.05, 0) is 25.7 Å². The lowest BCUT2D eigenvalue weighted by molar-refractivity contribution is -0.135. The van der Waals surface area contributed by atoms with E-state index in [1.165, 1.54) is 51.4 Å². The van der Waals surface area contributed by atoms with Crippen LogP contribution in [0.4, 0.5) is 0 Å². The molecule has 2 amide bonds. The van der Waals surface area contributed by atoms with Gasteiger partial charge in [0.05, 0.1) is 12.4 Å². The Balaban J connectivity index is 1.61. The summed E-state index contributed by atoms with van der Waals surface area (Å²) in [5.41, 5.74) is 6.87. The Morgan fingerprint density at radius 2 is 1.81 bits per heavy atom. The van der Waals surface area contributed by atoms with Gasteiger partial charge in [-0.15, -0.1) is 0 Å². The average molecular weight is 448 g/mol. The molecule has 7 heteroatoms. The zero-order chi connectivity index (χ0) is 23.0. The Kier molecular flexibility index (Phi) is 13.0. The van der Waals surface area contributed by atoms with E-state index in [9.17, 15) is 9.59 Å². The highest BCUT2D eigenvalue weighted by Gasteiger charge is 2.27. The van der Waals surface area contributed by atoms with Crippen molar-refractivity contribution in [1.82, 2.24) is 20.2 Å². The van der Waals surface area contributed by atoms with Crippen LogP contribution in [0.2, 0.25) is 0 Å². The van der Waals surface area contributed by atoms with Crippen molar-refractivity contribution in [2.24, 2.45) is 5.73 Å². The molecule has 182 valence electrons. The quantitative estimate of drug-likeness (QED) is 0.332. The number of imidazole rings is 1. The van der Waals surface area contributed by atoms with Crippen LogP contribution in [-0.4, -0.2) is 51.9 Å². The maximum absolute atomic E-state index is 12.8. The molecular formula is C25H45N5O2. The summed E-state index contributed by atoms with van der Waals surface area (Å²) in [6.07, 6.45) is 20.1. The highest BCUT2D eigenvalue weighted by atomic mass is 16.2. The van der Waals surface area contributed by atoms with Gasteiger partial charge in [0.15, 0.2) is 0 Å². The van der Waals surface area contributed by atoms with Gasteiger partial charge in [-0.2, -0.15) is 0 Å². The van der Waals surface area contributed by atoms with Gasteiger partial charge in [0.25, 0.3) is 0 Å². The maximum atomic E-state index is 12.8. The number of aromatic nitrogens is 2. The first-order chi connectivity index (χ1) is 15.6. The molecular weight excluding hydrogens is 402 g/mol. The van der Waals surface area contributed by atoms with Crippen LogP contribution >= 0.6 is 0 Å². The van der Waals surface area contributed by atoms with Gasteiger partial charge >= 0.3 is 0 Å². The number of carbonyl (C=O) groups is 2. The number of nitrogens with zero attached hydrogens (tertiary/aromatic N) is 2. The Hall–Kier alpha value is -1.89. The Labute approximate surface area is 194 Å². The van der Waals surface area contributed by atoms with Crippen LogP contribution in [0.25, 0.3) is 0 Å². The molecule has 0 aliphatic carbocycles. The monoisotopic (exact) mass is 447 g/mol. The molecule has 2 heterocycles. The number of rotatable bonds is 16. The van der Waals surface area contributed by atoms with Gasteiger partial charge in [0.1, 0.15) is 0 Å². The maximum Gasteiger partial charge on any atom is 0.237 e. The van der Waals surface area contributed by atoms with Crippen LogP contribution in [0.3, 0.4) is 0 Å². The van der Waals surface area contributed by atoms with E-state index in [1.54, 1.807) is 12.5 Å². The highest BCUT2D eigenvalue weighted by Crippen LogP contribution is 2.19. The van der Waals surface area contributed by atoms with E-state index in [0.29, 0.717) is 19.4 Å². The second-order valence-electron chi connectivity index (χ2n) is 9.30. The lowest BCUT2D eigenvalue weighted by Crippen LogP contribution is -2.52. The molecule has 1 fully saturated rings. The molecule has 0 saturated carbocycles. The molecule has 0 radical (unpaired) electrons. The lowest BCUT2D eigenvalue weighted by Gasteiger charge is -2.36. The first kappa shape index (κ1) is 26.4. The molecule has 1 unspecified atom stereocenters. The number of hydrogen-bond acceptors (Lipinski definition) is 4. The number of amides is 2. The van der Waals surface area contributed by atoms with E-state index in [2.05, 4.69) is 22.2 Å². The lowest BCUT2D eigenvalue weighted by atomic mass is 10.0. The average Bonchev–Trinajstić information content (AvgIpc) is 3.31. The molecule has 1 aromatic heterocycles. The van der Waals surface area contributed by atoms with Gasteiger partial charge in [-0.25, -0.2) is 4.98 Å². The molecule has 1 saturated heterocycles. The molecule has 1 aromatic rings. The SMILES string of the molecule is CCCCCCCCCCCCC(=O)N1CCCCC1CNC(=O)[C@@H](N)Cc1cnc[nH]1. The number of nitrogens with one attached hydrogen (secondary N) is 2. The van der Waals surface area contributed by atoms with E-state index in [4.69, 9.17) is 5.73 Å². The number of H-pyrrole nitrogens is 1. The smallest absolute Gasteiger partial charge is 0.237 e. The number of carbonyl (C=O) groups excluding carboxylic acids is 2. The number of piperidine rings is 1.